The molecule has 0 amide bonds. The van der Waals surface area contributed by atoms with Crippen molar-refractivity contribution in [3.63, 3.8) is 0 Å². The van der Waals surface area contributed by atoms with Crippen molar-refractivity contribution in [1.82, 2.24) is 14.9 Å². The summed E-state index contributed by atoms with van der Waals surface area (Å²) in [6.07, 6.45) is 3.70. The molecule has 0 saturated heterocycles. The Morgan fingerprint density at radius 1 is 1.59 bits per heavy atom. The summed E-state index contributed by atoms with van der Waals surface area (Å²) in [4.78, 5) is 15.8. The minimum absolute atomic E-state index is 0.209. The molecule has 0 fully saturated rings. The van der Waals surface area contributed by atoms with Crippen molar-refractivity contribution in [3.05, 3.63) is 18.2 Å². The highest BCUT2D eigenvalue weighted by atomic mass is 16.5. The standard InChI is InChI=1S/C12H21N3O2/c1-5-13-6-10-7-15(9-14-10)8-12(2,3)11(16)17-4/h7,9,13H,5-6,8H2,1-4H3. The highest BCUT2D eigenvalue weighted by Crippen LogP contribution is 2.19. The lowest BCUT2D eigenvalue weighted by Crippen LogP contribution is -2.30. The van der Waals surface area contributed by atoms with Crippen LogP contribution in [0, 0.1) is 5.41 Å². The number of methoxy groups -OCH3 is 1. The van der Waals surface area contributed by atoms with E-state index >= 15 is 0 Å². The van der Waals surface area contributed by atoms with Gasteiger partial charge in [0.1, 0.15) is 0 Å². The molecule has 17 heavy (non-hydrogen) atoms. The molecule has 1 N–H and O–H groups in total. The van der Waals surface area contributed by atoms with Crippen LogP contribution in [0.15, 0.2) is 12.5 Å². The molecule has 0 aromatic carbocycles. The maximum Gasteiger partial charge on any atom is 0.313 e. The monoisotopic (exact) mass is 239 g/mol. The summed E-state index contributed by atoms with van der Waals surface area (Å²) < 4.78 is 6.69. The fourth-order valence-corrected chi connectivity index (χ4v) is 1.63. The summed E-state index contributed by atoms with van der Waals surface area (Å²) in [5.74, 6) is -0.209. The zero-order valence-electron chi connectivity index (χ0n) is 11.0. The molecule has 1 aromatic rings. The Hall–Kier alpha value is -1.36. The van der Waals surface area contributed by atoms with E-state index in [1.165, 1.54) is 7.11 Å². The molecule has 5 nitrogen and oxygen atoms in total. The number of nitrogens with zero attached hydrogens (tertiary/aromatic N) is 2. The first-order valence-electron chi connectivity index (χ1n) is 5.79. The predicted molar refractivity (Wildman–Crippen MR) is 65.4 cm³/mol. The van der Waals surface area contributed by atoms with Gasteiger partial charge in [-0.15, -0.1) is 0 Å². The summed E-state index contributed by atoms with van der Waals surface area (Å²) in [7, 11) is 1.41. The van der Waals surface area contributed by atoms with Gasteiger partial charge in [-0.1, -0.05) is 6.92 Å². The first kappa shape index (κ1) is 13.7. The smallest absolute Gasteiger partial charge is 0.313 e. The lowest BCUT2D eigenvalue weighted by Gasteiger charge is -2.21. The molecule has 0 bridgehead atoms. The number of carbonyl (C=O) groups excluding carboxylic acids is 1. The highest BCUT2D eigenvalue weighted by molar-refractivity contribution is 5.75. The Balaban J connectivity index is 2.62. The maximum absolute atomic E-state index is 11.5. The van der Waals surface area contributed by atoms with E-state index in [4.69, 9.17) is 4.74 Å². The number of hydrogen-bond acceptors (Lipinski definition) is 4. The van der Waals surface area contributed by atoms with Gasteiger partial charge in [0.15, 0.2) is 0 Å². The van der Waals surface area contributed by atoms with Crippen LogP contribution in [0.5, 0.6) is 0 Å². The molecule has 0 aliphatic carbocycles. The van der Waals surface area contributed by atoms with Crippen molar-refractivity contribution >= 4 is 5.97 Å². The van der Waals surface area contributed by atoms with Crippen LogP contribution in [-0.4, -0.2) is 29.2 Å². The van der Waals surface area contributed by atoms with Crippen molar-refractivity contribution < 1.29 is 9.53 Å². The van der Waals surface area contributed by atoms with Gasteiger partial charge in [0.25, 0.3) is 0 Å². The Morgan fingerprint density at radius 2 is 2.29 bits per heavy atom. The molecule has 96 valence electrons. The van der Waals surface area contributed by atoms with Crippen LogP contribution in [0.3, 0.4) is 0 Å². The quantitative estimate of drug-likeness (QED) is 0.758. The average molecular weight is 239 g/mol. The molecule has 0 saturated carbocycles. The van der Waals surface area contributed by atoms with E-state index in [0.717, 1.165) is 18.8 Å². The van der Waals surface area contributed by atoms with E-state index in [2.05, 4.69) is 17.2 Å². The Morgan fingerprint density at radius 3 is 2.88 bits per heavy atom. The molecule has 0 atom stereocenters. The van der Waals surface area contributed by atoms with Crippen molar-refractivity contribution in [2.45, 2.75) is 33.9 Å². The topological polar surface area (TPSA) is 56.2 Å². The lowest BCUT2D eigenvalue weighted by molar-refractivity contribution is -0.151. The third-order valence-electron chi connectivity index (χ3n) is 2.56. The largest absolute Gasteiger partial charge is 0.469 e. The summed E-state index contributed by atoms with van der Waals surface area (Å²) in [5.41, 5.74) is 0.442. The van der Waals surface area contributed by atoms with Crippen molar-refractivity contribution in [2.24, 2.45) is 5.41 Å². The van der Waals surface area contributed by atoms with Gasteiger partial charge in [-0.25, -0.2) is 4.98 Å². The van der Waals surface area contributed by atoms with Crippen molar-refractivity contribution in [2.75, 3.05) is 13.7 Å². The summed E-state index contributed by atoms with van der Waals surface area (Å²) in [6, 6.07) is 0. The van der Waals surface area contributed by atoms with Crippen molar-refractivity contribution in [1.29, 1.82) is 0 Å². The molecule has 5 heteroatoms. The maximum atomic E-state index is 11.5. The number of imidazole rings is 1. The fraction of sp³-hybridized carbons (Fsp3) is 0.667. The van der Waals surface area contributed by atoms with Crippen molar-refractivity contribution in [3.8, 4) is 0 Å². The zero-order chi connectivity index (χ0) is 12.9. The van der Waals surface area contributed by atoms with Crippen LogP contribution in [0.25, 0.3) is 0 Å². The SMILES string of the molecule is CCNCc1cn(CC(C)(C)C(=O)OC)cn1. The van der Waals surface area contributed by atoms with Gasteiger partial charge in [-0.05, 0) is 20.4 Å². The van der Waals surface area contributed by atoms with Gasteiger partial charge in [-0.3, -0.25) is 4.79 Å². The van der Waals surface area contributed by atoms with Gasteiger partial charge in [0.2, 0.25) is 0 Å². The van der Waals surface area contributed by atoms with Crippen LogP contribution in [0.1, 0.15) is 26.5 Å². The number of carbonyl (C=O) groups is 1. The highest BCUT2D eigenvalue weighted by Gasteiger charge is 2.29. The van der Waals surface area contributed by atoms with Crippen LogP contribution in [-0.2, 0) is 22.6 Å². The number of nitrogens with one attached hydrogen (secondary N) is 1. The van der Waals surface area contributed by atoms with Crippen LogP contribution in [0.2, 0.25) is 0 Å². The number of esters is 1. The van der Waals surface area contributed by atoms with Gasteiger partial charge in [-0.2, -0.15) is 0 Å². The third kappa shape index (κ3) is 3.85. The Labute approximate surface area is 102 Å². The Kier molecular flexibility index (Phi) is 4.69. The molecule has 0 aliphatic rings. The van der Waals surface area contributed by atoms with E-state index in [1.807, 2.05) is 24.6 Å². The van der Waals surface area contributed by atoms with E-state index in [9.17, 15) is 4.79 Å². The molecule has 0 unspecified atom stereocenters. The summed E-state index contributed by atoms with van der Waals surface area (Å²) in [5, 5.41) is 3.21. The second-order valence-corrected chi connectivity index (χ2v) is 4.69. The molecular weight excluding hydrogens is 218 g/mol. The number of hydrogen-bond donors (Lipinski definition) is 1. The lowest BCUT2D eigenvalue weighted by atomic mass is 9.94. The summed E-state index contributed by atoms with van der Waals surface area (Å²) in [6.45, 7) is 8.02. The summed E-state index contributed by atoms with van der Waals surface area (Å²) >= 11 is 0. The second-order valence-electron chi connectivity index (χ2n) is 4.69. The van der Waals surface area contributed by atoms with E-state index in [1.54, 1.807) is 6.33 Å². The third-order valence-corrected chi connectivity index (χ3v) is 2.56. The van der Waals surface area contributed by atoms with E-state index in [-0.39, 0.29) is 5.97 Å². The fourth-order valence-electron chi connectivity index (χ4n) is 1.63. The normalized spacial score (nSPS) is 11.5. The van der Waals surface area contributed by atoms with Crippen LogP contribution >= 0.6 is 0 Å². The molecule has 0 spiro atoms. The number of aromatic nitrogens is 2. The van der Waals surface area contributed by atoms with Gasteiger partial charge >= 0.3 is 5.97 Å². The number of rotatable bonds is 6. The Bertz CT molecular complexity index is 372. The number of ether oxygens (including phenoxy) is 1. The minimum atomic E-state index is -0.537. The molecule has 1 rings (SSSR count). The van der Waals surface area contributed by atoms with Gasteiger partial charge < -0.3 is 14.6 Å². The second kappa shape index (κ2) is 5.82. The minimum Gasteiger partial charge on any atom is -0.469 e. The van der Waals surface area contributed by atoms with E-state index < -0.39 is 5.41 Å². The molecular formula is C12H21N3O2. The van der Waals surface area contributed by atoms with Gasteiger partial charge in [0, 0.05) is 19.3 Å². The first-order chi connectivity index (χ1) is 7.99. The van der Waals surface area contributed by atoms with E-state index in [0.29, 0.717) is 6.54 Å². The predicted octanol–water partition coefficient (Wildman–Crippen LogP) is 1.19. The molecule has 1 aromatic heterocycles. The first-order valence-corrected chi connectivity index (χ1v) is 5.79. The zero-order valence-corrected chi connectivity index (χ0v) is 11.0. The average Bonchev–Trinajstić information content (AvgIpc) is 2.72. The van der Waals surface area contributed by atoms with Gasteiger partial charge in [0.05, 0.1) is 24.5 Å². The molecule has 0 aliphatic heterocycles. The van der Waals surface area contributed by atoms with Crippen LogP contribution < -0.4 is 5.32 Å². The van der Waals surface area contributed by atoms with Crippen LogP contribution in [0.4, 0.5) is 0 Å². The molecule has 1 heterocycles. The molecule has 0 radical (unpaired) electrons.